The fourth-order valence-corrected chi connectivity index (χ4v) is 3.10. The van der Waals surface area contributed by atoms with Crippen LogP contribution in [0.15, 0.2) is 58.5 Å². The number of rotatable bonds is 6. The molecule has 1 aromatic heterocycles. The lowest BCUT2D eigenvalue weighted by molar-refractivity contribution is 0.414. The van der Waals surface area contributed by atoms with E-state index in [9.17, 15) is 9.18 Å². The molecule has 1 heterocycles. The van der Waals surface area contributed by atoms with Gasteiger partial charge in [0.15, 0.2) is 0 Å². The lowest BCUT2D eigenvalue weighted by atomic mass is 10.1. The van der Waals surface area contributed by atoms with Crippen LogP contribution in [0, 0.1) is 5.82 Å². The number of methoxy groups -OCH3 is 1. The maximum absolute atomic E-state index is 12.9. The SMILES string of the molecule is COc1ccc(Cc2nnc(SCc3ccc(F)cc3)n(N)c2=O)cc1. The number of nitrogen functional groups attached to an aromatic ring is 1. The zero-order valence-electron chi connectivity index (χ0n) is 14.1. The molecule has 0 fully saturated rings. The van der Waals surface area contributed by atoms with Gasteiger partial charge in [-0.2, -0.15) is 4.68 Å². The number of benzene rings is 2. The van der Waals surface area contributed by atoms with Crippen LogP contribution in [0.3, 0.4) is 0 Å². The number of aromatic nitrogens is 3. The topological polar surface area (TPSA) is 83.0 Å². The molecule has 3 aromatic rings. The van der Waals surface area contributed by atoms with E-state index in [4.69, 9.17) is 10.6 Å². The Morgan fingerprint density at radius 2 is 1.73 bits per heavy atom. The largest absolute Gasteiger partial charge is 0.497 e. The van der Waals surface area contributed by atoms with Crippen molar-refractivity contribution in [3.05, 3.63) is 81.5 Å². The van der Waals surface area contributed by atoms with Gasteiger partial charge in [-0.3, -0.25) is 4.79 Å². The number of hydrogen-bond acceptors (Lipinski definition) is 6. The van der Waals surface area contributed by atoms with E-state index in [1.807, 2.05) is 24.3 Å². The minimum absolute atomic E-state index is 0.267. The molecule has 0 unspecified atom stereocenters. The van der Waals surface area contributed by atoms with Crippen molar-refractivity contribution >= 4 is 11.8 Å². The molecule has 0 saturated carbocycles. The zero-order chi connectivity index (χ0) is 18.5. The maximum atomic E-state index is 12.9. The average molecular weight is 372 g/mol. The number of hydrogen-bond donors (Lipinski definition) is 1. The van der Waals surface area contributed by atoms with Gasteiger partial charge in [0, 0.05) is 12.2 Å². The molecule has 26 heavy (non-hydrogen) atoms. The fraction of sp³-hybridized carbons (Fsp3) is 0.167. The van der Waals surface area contributed by atoms with Gasteiger partial charge < -0.3 is 10.6 Å². The molecule has 2 aromatic carbocycles. The van der Waals surface area contributed by atoms with Crippen molar-refractivity contribution in [2.45, 2.75) is 17.3 Å². The van der Waals surface area contributed by atoms with E-state index >= 15 is 0 Å². The molecular weight excluding hydrogens is 355 g/mol. The monoisotopic (exact) mass is 372 g/mol. The lowest BCUT2D eigenvalue weighted by Crippen LogP contribution is -2.33. The van der Waals surface area contributed by atoms with Gasteiger partial charge in [0.1, 0.15) is 17.3 Å². The van der Waals surface area contributed by atoms with Gasteiger partial charge in [0.05, 0.1) is 7.11 Å². The van der Waals surface area contributed by atoms with E-state index in [0.29, 0.717) is 17.3 Å². The Bertz CT molecular complexity index is 943. The van der Waals surface area contributed by atoms with Crippen molar-refractivity contribution in [1.29, 1.82) is 0 Å². The van der Waals surface area contributed by atoms with Crippen molar-refractivity contribution in [1.82, 2.24) is 14.9 Å². The molecular formula is C18H17FN4O2S. The van der Waals surface area contributed by atoms with Gasteiger partial charge >= 0.3 is 0 Å². The van der Waals surface area contributed by atoms with Crippen LogP contribution >= 0.6 is 11.8 Å². The first-order chi connectivity index (χ1) is 12.6. The molecule has 2 N–H and O–H groups in total. The highest BCUT2D eigenvalue weighted by molar-refractivity contribution is 7.98. The number of nitrogens with two attached hydrogens (primary N) is 1. The van der Waals surface area contributed by atoms with Crippen LogP contribution in [-0.2, 0) is 12.2 Å². The van der Waals surface area contributed by atoms with E-state index in [1.165, 1.54) is 23.9 Å². The Morgan fingerprint density at radius 1 is 1.08 bits per heavy atom. The summed E-state index contributed by atoms with van der Waals surface area (Å²) in [4.78, 5) is 12.4. The summed E-state index contributed by atoms with van der Waals surface area (Å²) >= 11 is 1.27. The average Bonchev–Trinajstić information content (AvgIpc) is 2.67. The van der Waals surface area contributed by atoms with Crippen molar-refractivity contribution < 1.29 is 9.13 Å². The molecule has 0 bridgehead atoms. The van der Waals surface area contributed by atoms with Crippen molar-refractivity contribution in [3.8, 4) is 5.75 Å². The summed E-state index contributed by atoms with van der Waals surface area (Å²) in [5.41, 5.74) is 1.68. The molecule has 0 aliphatic carbocycles. The number of thioether (sulfide) groups is 1. The molecule has 0 saturated heterocycles. The summed E-state index contributed by atoms with van der Waals surface area (Å²) in [7, 11) is 1.59. The third-order valence-corrected chi connectivity index (χ3v) is 4.75. The van der Waals surface area contributed by atoms with Gasteiger partial charge in [-0.1, -0.05) is 36.0 Å². The van der Waals surface area contributed by atoms with Gasteiger partial charge in [0.2, 0.25) is 5.16 Å². The summed E-state index contributed by atoms with van der Waals surface area (Å²) in [6.45, 7) is 0. The van der Waals surface area contributed by atoms with Gasteiger partial charge in [-0.05, 0) is 35.4 Å². The summed E-state index contributed by atoms with van der Waals surface area (Å²) in [6.07, 6.45) is 0.329. The molecule has 0 radical (unpaired) electrons. The van der Waals surface area contributed by atoms with E-state index in [0.717, 1.165) is 21.6 Å². The van der Waals surface area contributed by atoms with Crippen molar-refractivity contribution in [2.24, 2.45) is 0 Å². The minimum atomic E-state index is -0.391. The third kappa shape index (κ3) is 4.20. The first kappa shape index (κ1) is 17.9. The predicted molar refractivity (Wildman–Crippen MR) is 98.2 cm³/mol. The van der Waals surface area contributed by atoms with Crippen LogP contribution in [-0.4, -0.2) is 22.0 Å². The number of nitrogens with zero attached hydrogens (tertiary/aromatic N) is 3. The van der Waals surface area contributed by atoms with Crippen LogP contribution in [0.5, 0.6) is 5.75 Å². The maximum Gasteiger partial charge on any atom is 0.294 e. The second-order valence-electron chi connectivity index (χ2n) is 5.54. The Morgan fingerprint density at radius 3 is 2.38 bits per heavy atom. The van der Waals surface area contributed by atoms with Crippen LogP contribution in [0.1, 0.15) is 16.8 Å². The summed E-state index contributed by atoms with van der Waals surface area (Å²) in [5, 5.41) is 8.39. The standard InChI is InChI=1S/C18H17FN4O2S/c1-25-15-8-4-12(5-9-15)10-16-17(24)23(20)18(22-21-16)26-11-13-2-6-14(19)7-3-13/h2-9H,10-11,20H2,1H3. The summed E-state index contributed by atoms with van der Waals surface area (Å²) in [5.74, 6) is 6.82. The van der Waals surface area contributed by atoms with Gasteiger partial charge in [-0.25, -0.2) is 4.39 Å². The normalized spacial score (nSPS) is 10.7. The molecule has 0 spiro atoms. The lowest BCUT2D eigenvalue weighted by Gasteiger charge is -2.08. The number of ether oxygens (including phenoxy) is 1. The van der Waals surface area contributed by atoms with Crippen LogP contribution in [0.2, 0.25) is 0 Å². The molecule has 0 aliphatic rings. The number of halogens is 1. The Balaban J connectivity index is 1.73. The van der Waals surface area contributed by atoms with E-state index in [1.54, 1.807) is 19.2 Å². The van der Waals surface area contributed by atoms with Crippen LogP contribution in [0.4, 0.5) is 4.39 Å². The highest BCUT2D eigenvalue weighted by Gasteiger charge is 2.12. The zero-order valence-corrected chi connectivity index (χ0v) is 14.9. The molecule has 3 rings (SSSR count). The molecule has 0 aliphatic heterocycles. The quantitative estimate of drug-likeness (QED) is 0.528. The Labute approximate surface area is 153 Å². The summed E-state index contributed by atoms with van der Waals surface area (Å²) in [6, 6.07) is 13.5. The molecule has 0 amide bonds. The van der Waals surface area contributed by atoms with Crippen molar-refractivity contribution in [2.75, 3.05) is 13.0 Å². The van der Waals surface area contributed by atoms with Crippen molar-refractivity contribution in [3.63, 3.8) is 0 Å². The van der Waals surface area contributed by atoms with Gasteiger partial charge in [0.25, 0.3) is 5.56 Å². The van der Waals surface area contributed by atoms with Crippen LogP contribution < -0.4 is 16.1 Å². The van der Waals surface area contributed by atoms with E-state index in [2.05, 4.69) is 10.2 Å². The highest BCUT2D eigenvalue weighted by Crippen LogP contribution is 2.19. The van der Waals surface area contributed by atoms with Gasteiger partial charge in [-0.15, -0.1) is 10.2 Å². The first-order valence-electron chi connectivity index (χ1n) is 7.80. The molecule has 0 atom stereocenters. The Hall–Kier alpha value is -2.87. The van der Waals surface area contributed by atoms with E-state index < -0.39 is 5.56 Å². The fourth-order valence-electron chi connectivity index (χ4n) is 2.29. The summed E-state index contributed by atoms with van der Waals surface area (Å²) < 4.78 is 19.0. The smallest absolute Gasteiger partial charge is 0.294 e. The molecule has 134 valence electrons. The van der Waals surface area contributed by atoms with E-state index in [-0.39, 0.29) is 11.5 Å². The Kier molecular flexibility index (Phi) is 5.52. The highest BCUT2D eigenvalue weighted by atomic mass is 32.2. The third-order valence-electron chi connectivity index (χ3n) is 3.74. The second kappa shape index (κ2) is 8.01. The first-order valence-corrected chi connectivity index (χ1v) is 8.79. The second-order valence-corrected chi connectivity index (χ2v) is 6.49. The van der Waals surface area contributed by atoms with Crippen LogP contribution in [0.25, 0.3) is 0 Å². The molecule has 6 nitrogen and oxygen atoms in total. The molecule has 8 heteroatoms. The predicted octanol–water partition coefficient (Wildman–Crippen LogP) is 2.38. The minimum Gasteiger partial charge on any atom is -0.497 e.